The number of hydrogen-bond donors (Lipinski definition) is 3. The minimum Gasteiger partial charge on any atom is -0.504 e. The lowest BCUT2D eigenvalue weighted by Crippen LogP contribution is -2.39. The molecule has 0 spiro atoms. The topological polar surface area (TPSA) is 140 Å². The lowest BCUT2D eigenvalue weighted by atomic mass is 10.0. The third kappa shape index (κ3) is 5.62. The monoisotopic (exact) mass is 470 g/mol. The molecular formula is C23H23FN4O6. The van der Waals surface area contributed by atoms with Crippen LogP contribution in [0.3, 0.4) is 0 Å². The first-order valence-electron chi connectivity index (χ1n) is 10.2. The Bertz CT molecular complexity index is 1230. The summed E-state index contributed by atoms with van der Waals surface area (Å²) in [4.78, 5) is 44.9. The van der Waals surface area contributed by atoms with E-state index in [1.807, 2.05) is 0 Å². The number of ether oxygens (including phenoxy) is 2. The van der Waals surface area contributed by atoms with Crippen molar-refractivity contribution in [2.45, 2.75) is 19.4 Å². The molecule has 1 atom stereocenters. The fourth-order valence-electron chi connectivity index (χ4n) is 3.20. The standard InChI is InChI=1S/C23H23FN4O6/c1-12(23(32)34-3)26-22(31)19-20(30)18-16(21(28-19)27-17(29)11-33-2)9-14(10-25-18)8-13-4-6-15(24)7-5-13/h4-7,9-10,12,30H,8,11H2,1-3H3,(H,26,31)(H,27,28,29). The summed E-state index contributed by atoms with van der Waals surface area (Å²) in [5.74, 6) is -3.01. The second-order valence-corrected chi connectivity index (χ2v) is 7.40. The van der Waals surface area contributed by atoms with Gasteiger partial charge in [0.1, 0.15) is 29.8 Å². The average Bonchev–Trinajstić information content (AvgIpc) is 2.81. The third-order valence-corrected chi connectivity index (χ3v) is 4.84. The Kier molecular flexibility index (Phi) is 7.69. The maximum absolute atomic E-state index is 13.2. The van der Waals surface area contributed by atoms with Crippen LogP contribution < -0.4 is 10.6 Å². The molecule has 11 heteroatoms. The first-order valence-corrected chi connectivity index (χ1v) is 10.2. The maximum atomic E-state index is 13.2. The molecule has 2 heterocycles. The van der Waals surface area contributed by atoms with E-state index in [1.54, 1.807) is 18.2 Å². The van der Waals surface area contributed by atoms with Gasteiger partial charge in [-0.3, -0.25) is 14.6 Å². The summed E-state index contributed by atoms with van der Waals surface area (Å²) in [5.41, 5.74) is 1.09. The molecule has 3 N–H and O–H groups in total. The molecule has 0 fully saturated rings. The van der Waals surface area contributed by atoms with Crippen molar-refractivity contribution in [3.8, 4) is 5.75 Å². The lowest BCUT2D eigenvalue weighted by molar-refractivity contribution is -0.142. The highest BCUT2D eigenvalue weighted by Gasteiger charge is 2.24. The van der Waals surface area contributed by atoms with Crippen LogP contribution in [0.25, 0.3) is 10.9 Å². The number of hydrogen-bond acceptors (Lipinski definition) is 8. The summed E-state index contributed by atoms with van der Waals surface area (Å²) >= 11 is 0. The van der Waals surface area contributed by atoms with Crippen LogP contribution in [0.4, 0.5) is 10.2 Å². The quantitative estimate of drug-likeness (QED) is 0.425. The molecule has 0 bridgehead atoms. The van der Waals surface area contributed by atoms with Gasteiger partial charge in [0.25, 0.3) is 11.8 Å². The van der Waals surface area contributed by atoms with Crippen molar-refractivity contribution >= 4 is 34.5 Å². The second-order valence-electron chi connectivity index (χ2n) is 7.40. The molecule has 3 aromatic rings. The minimum absolute atomic E-state index is 0.0152. The molecule has 2 aromatic heterocycles. The Hall–Kier alpha value is -4.12. The predicted octanol–water partition coefficient (Wildman–Crippen LogP) is 1.94. The zero-order valence-corrected chi connectivity index (χ0v) is 18.7. The van der Waals surface area contributed by atoms with Crippen molar-refractivity contribution in [1.82, 2.24) is 15.3 Å². The van der Waals surface area contributed by atoms with Crippen LogP contribution in [-0.4, -0.2) is 59.7 Å². The zero-order valence-electron chi connectivity index (χ0n) is 18.7. The van der Waals surface area contributed by atoms with Crippen molar-refractivity contribution < 1.29 is 33.4 Å². The second kappa shape index (κ2) is 10.7. The summed E-state index contributed by atoms with van der Waals surface area (Å²) in [6, 6.07) is 6.59. The number of pyridine rings is 2. The molecule has 0 saturated heterocycles. The van der Waals surface area contributed by atoms with Crippen molar-refractivity contribution in [3.05, 3.63) is 59.2 Å². The van der Waals surface area contributed by atoms with Crippen LogP contribution in [0.5, 0.6) is 5.75 Å². The number of halogens is 1. The van der Waals surface area contributed by atoms with Crippen LogP contribution in [0.15, 0.2) is 36.5 Å². The van der Waals surface area contributed by atoms with Crippen LogP contribution in [0, 0.1) is 5.82 Å². The van der Waals surface area contributed by atoms with Crippen LogP contribution in [0.1, 0.15) is 28.5 Å². The van der Waals surface area contributed by atoms with Crippen molar-refractivity contribution in [2.24, 2.45) is 0 Å². The SMILES string of the molecule is COCC(=O)Nc1nc(C(=O)NC(C)C(=O)OC)c(O)c2ncc(Cc3ccc(F)cc3)cc12. The van der Waals surface area contributed by atoms with E-state index in [9.17, 15) is 23.9 Å². The number of methoxy groups -OCH3 is 2. The predicted molar refractivity (Wildman–Crippen MR) is 120 cm³/mol. The number of aromatic hydroxyl groups is 1. The van der Waals surface area contributed by atoms with E-state index in [1.165, 1.54) is 39.5 Å². The number of rotatable bonds is 8. The normalized spacial score (nSPS) is 11.6. The molecule has 178 valence electrons. The Morgan fingerprint density at radius 1 is 1.15 bits per heavy atom. The number of nitrogens with one attached hydrogen (secondary N) is 2. The van der Waals surface area contributed by atoms with Crippen molar-refractivity contribution in [1.29, 1.82) is 0 Å². The highest BCUT2D eigenvalue weighted by molar-refractivity contribution is 6.07. The van der Waals surface area contributed by atoms with Crippen molar-refractivity contribution in [3.63, 3.8) is 0 Å². The lowest BCUT2D eigenvalue weighted by Gasteiger charge is -2.15. The Morgan fingerprint density at radius 2 is 1.85 bits per heavy atom. The van der Waals surface area contributed by atoms with E-state index in [2.05, 4.69) is 25.3 Å². The first kappa shape index (κ1) is 24.5. The molecular weight excluding hydrogens is 447 g/mol. The summed E-state index contributed by atoms with van der Waals surface area (Å²) in [7, 11) is 2.52. The smallest absolute Gasteiger partial charge is 0.328 e. The van der Waals surface area contributed by atoms with Gasteiger partial charge in [0.2, 0.25) is 0 Å². The number of amides is 2. The van der Waals surface area contributed by atoms with E-state index < -0.39 is 35.3 Å². The zero-order chi connectivity index (χ0) is 24.8. The van der Waals surface area contributed by atoms with E-state index in [-0.39, 0.29) is 29.1 Å². The summed E-state index contributed by atoms with van der Waals surface area (Å²) in [6.07, 6.45) is 1.89. The summed E-state index contributed by atoms with van der Waals surface area (Å²) in [6.45, 7) is 1.14. The van der Waals surface area contributed by atoms with Gasteiger partial charge in [-0.15, -0.1) is 0 Å². The Labute approximate surface area is 194 Å². The Balaban J connectivity index is 2.04. The molecule has 0 saturated carbocycles. The van der Waals surface area contributed by atoms with E-state index >= 15 is 0 Å². The van der Waals surface area contributed by atoms with Crippen LogP contribution >= 0.6 is 0 Å². The van der Waals surface area contributed by atoms with Gasteiger partial charge >= 0.3 is 5.97 Å². The molecule has 0 radical (unpaired) electrons. The number of esters is 1. The average molecular weight is 470 g/mol. The Morgan fingerprint density at radius 3 is 2.50 bits per heavy atom. The number of carbonyl (C=O) groups excluding carboxylic acids is 3. The van der Waals surface area contributed by atoms with Crippen LogP contribution in [0.2, 0.25) is 0 Å². The number of aromatic nitrogens is 2. The largest absolute Gasteiger partial charge is 0.504 e. The molecule has 0 aliphatic rings. The molecule has 2 amide bonds. The molecule has 1 unspecified atom stereocenters. The molecule has 0 aliphatic heterocycles. The fourth-order valence-corrected chi connectivity index (χ4v) is 3.20. The van der Waals surface area contributed by atoms with Crippen LogP contribution in [-0.2, 0) is 25.5 Å². The highest BCUT2D eigenvalue weighted by atomic mass is 19.1. The summed E-state index contributed by atoms with van der Waals surface area (Å²) in [5, 5.41) is 15.9. The maximum Gasteiger partial charge on any atom is 0.328 e. The number of benzene rings is 1. The molecule has 10 nitrogen and oxygen atoms in total. The first-order chi connectivity index (χ1) is 16.2. The van der Waals surface area contributed by atoms with Gasteiger partial charge in [0, 0.05) is 18.7 Å². The number of carbonyl (C=O) groups is 3. The van der Waals surface area contributed by atoms with Gasteiger partial charge in [0.15, 0.2) is 11.4 Å². The number of nitrogens with zero attached hydrogens (tertiary/aromatic N) is 2. The molecule has 0 aliphatic carbocycles. The third-order valence-electron chi connectivity index (χ3n) is 4.84. The highest BCUT2D eigenvalue weighted by Crippen LogP contribution is 2.32. The fraction of sp³-hybridized carbons (Fsp3) is 0.261. The van der Waals surface area contributed by atoms with Gasteiger partial charge in [-0.1, -0.05) is 12.1 Å². The summed E-state index contributed by atoms with van der Waals surface area (Å²) < 4.78 is 22.6. The van der Waals surface area contributed by atoms with E-state index in [0.29, 0.717) is 12.0 Å². The van der Waals surface area contributed by atoms with E-state index in [0.717, 1.165) is 5.56 Å². The van der Waals surface area contributed by atoms with Gasteiger partial charge < -0.3 is 25.2 Å². The molecule has 1 aromatic carbocycles. The van der Waals surface area contributed by atoms with E-state index in [4.69, 9.17) is 4.74 Å². The number of fused-ring (bicyclic) bond motifs is 1. The van der Waals surface area contributed by atoms with Gasteiger partial charge in [-0.2, -0.15) is 0 Å². The van der Waals surface area contributed by atoms with Gasteiger partial charge in [-0.05, 0) is 42.7 Å². The minimum atomic E-state index is -1.01. The molecule has 3 rings (SSSR count). The molecule has 34 heavy (non-hydrogen) atoms. The van der Waals surface area contributed by atoms with Gasteiger partial charge in [-0.25, -0.2) is 14.2 Å². The van der Waals surface area contributed by atoms with Gasteiger partial charge in [0.05, 0.1) is 7.11 Å². The number of anilines is 1. The van der Waals surface area contributed by atoms with Crippen molar-refractivity contribution in [2.75, 3.05) is 26.1 Å².